The molecule has 1 amide bonds. The highest BCUT2D eigenvalue weighted by molar-refractivity contribution is 6.36. The quantitative estimate of drug-likeness (QED) is 0.894. The smallest absolute Gasteiger partial charge is 0.326 e. The summed E-state index contributed by atoms with van der Waals surface area (Å²) in [7, 11) is 0. The van der Waals surface area contributed by atoms with Gasteiger partial charge in [-0.1, -0.05) is 23.2 Å². The van der Waals surface area contributed by atoms with Gasteiger partial charge in [0.15, 0.2) is 5.65 Å². The number of nitrogens with zero attached hydrogens (tertiary/aromatic N) is 3. The van der Waals surface area contributed by atoms with Gasteiger partial charge in [0.25, 0.3) is 0 Å². The predicted molar refractivity (Wildman–Crippen MR) is 85.9 cm³/mol. The molecule has 2 aromatic heterocycles. The maximum Gasteiger partial charge on any atom is 0.326 e. The standard InChI is InChI=1S/C15H15Cl2N3O3/c1-8(15(22)23)20(11-2-3-11)13(21)5-10-7-19-6-9(16)4-12(17)14(19)18-10/h4,6-8,11H,2-3,5H2,1H3,(H,22,23). The van der Waals surface area contributed by atoms with E-state index in [9.17, 15) is 14.7 Å². The fourth-order valence-corrected chi connectivity index (χ4v) is 3.14. The molecule has 0 bridgehead atoms. The van der Waals surface area contributed by atoms with Crippen molar-refractivity contribution in [2.75, 3.05) is 0 Å². The first kappa shape index (κ1) is 16.1. The Balaban J connectivity index is 1.84. The zero-order valence-electron chi connectivity index (χ0n) is 12.4. The van der Waals surface area contributed by atoms with E-state index in [0.29, 0.717) is 21.4 Å². The van der Waals surface area contributed by atoms with Crippen LogP contribution in [0.25, 0.3) is 5.65 Å². The fraction of sp³-hybridized carbons (Fsp3) is 0.400. The molecule has 2 heterocycles. The van der Waals surface area contributed by atoms with E-state index in [-0.39, 0.29) is 18.4 Å². The first-order chi connectivity index (χ1) is 10.9. The number of halogens is 2. The lowest BCUT2D eigenvalue weighted by molar-refractivity contribution is -0.149. The number of carboxylic acids is 1. The van der Waals surface area contributed by atoms with Crippen LogP contribution in [0.3, 0.4) is 0 Å². The van der Waals surface area contributed by atoms with Crippen molar-refractivity contribution in [3.8, 4) is 0 Å². The SMILES string of the molecule is CC(C(=O)O)N(C(=O)Cc1cn2cc(Cl)cc(Cl)c2n1)C1CC1. The second-order valence-electron chi connectivity index (χ2n) is 5.69. The Labute approximate surface area is 142 Å². The molecule has 1 aliphatic rings. The van der Waals surface area contributed by atoms with Crippen molar-refractivity contribution in [3.05, 3.63) is 34.2 Å². The Morgan fingerprint density at radius 3 is 2.74 bits per heavy atom. The Morgan fingerprint density at radius 2 is 2.13 bits per heavy atom. The molecule has 23 heavy (non-hydrogen) atoms. The van der Waals surface area contributed by atoms with Crippen LogP contribution >= 0.6 is 23.2 Å². The maximum absolute atomic E-state index is 12.5. The summed E-state index contributed by atoms with van der Waals surface area (Å²) in [5.74, 6) is -1.25. The zero-order valence-corrected chi connectivity index (χ0v) is 13.9. The molecule has 1 fully saturated rings. The summed E-state index contributed by atoms with van der Waals surface area (Å²) in [6.07, 6.45) is 5.06. The van der Waals surface area contributed by atoms with Crippen LogP contribution in [0.5, 0.6) is 0 Å². The molecule has 122 valence electrons. The Morgan fingerprint density at radius 1 is 1.43 bits per heavy atom. The third-order valence-corrected chi connectivity index (χ3v) is 4.34. The van der Waals surface area contributed by atoms with Gasteiger partial charge in [-0.2, -0.15) is 0 Å². The number of amides is 1. The van der Waals surface area contributed by atoms with Crippen molar-refractivity contribution in [1.82, 2.24) is 14.3 Å². The average Bonchev–Trinajstić information content (AvgIpc) is 3.19. The zero-order chi connectivity index (χ0) is 16.7. The van der Waals surface area contributed by atoms with Gasteiger partial charge in [0, 0.05) is 18.4 Å². The number of fused-ring (bicyclic) bond motifs is 1. The molecule has 1 N–H and O–H groups in total. The minimum atomic E-state index is -1.00. The van der Waals surface area contributed by atoms with Gasteiger partial charge >= 0.3 is 5.97 Å². The Kier molecular flexibility index (Phi) is 4.21. The van der Waals surface area contributed by atoms with E-state index >= 15 is 0 Å². The van der Waals surface area contributed by atoms with Crippen LogP contribution in [0.2, 0.25) is 10.0 Å². The van der Waals surface area contributed by atoms with Gasteiger partial charge < -0.3 is 14.4 Å². The monoisotopic (exact) mass is 355 g/mol. The highest BCUT2D eigenvalue weighted by Crippen LogP contribution is 2.29. The van der Waals surface area contributed by atoms with Crippen molar-refractivity contribution < 1.29 is 14.7 Å². The first-order valence-corrected chi connectivity index (χ1v) is 7.99. The van der Waals surface area contributed by atoms with Crippen LogP contribution in [-0.4, -0.2) is 43.4 Å². The largest absolute Gasteiger partial charge is 0.480 e. The average molecular weight is 356 g/mol. The van der Waals surface area contributed by atoms with Gasteiger partial charge in [-0.15, -0.1) is 0 Å². The molecule has 0 spiro atoms. The third-order valence-electron chi connectivity index (χ3n) is 3.86. The molecule has 3 rings (SSSR count). The lowest BCUT2D eigenvalue weighted by atomic mass is 10.2. The lowest BCUT2D eigenvalue weighted by Crippen LogP contribution is -2.45. The van der Waals surface area contributed by atoms with Gasteiger partial charge in [-0.25, -0.2) is 9.78 Å². The third kappa shape index (κ3) is 3.28. The van der Waals surface area contributed by atoms with Crippen molar-refractivity contribution >= 4 is 40.7 Å². The predicted octanol–water partition coefficient (Wildman–Crippen LogP) is 2.65. The number of carbonyl (C=O) groups is 2. The van der Waals surface area contributed by atoms with Gasteiger partial charge in [0.1, 0.15) is 6.04 Å². The van der Waals surface area contributed by atoms with Crippen molar-refractivity contribution in [2.45, 2.75) is 38.3 Å². The van der Waals surface area contributed by atoms with Crippen LogP contribution in [0.4, 0.5) is 0 Å². The van der Waals surface area contributed by atoms with Crippen LogP contribution in [0.1, 0.15) is 25.5 Å². The number of pyridine rings is 1. The summed E-state index contributed by atoms with van der Waals surface area (Å²) in [6.45, 7) is 1.53. The molecule has 1 atom stereocenters. The highest BCUT2D eigenvalue weighted by atomic mass is 35.5. The number of rotatable bonds is 5. The van der Waals surface area contributed by atoms with Crippen LogP contribution < -0.4 is 0 Å². The van der Waals surface area contributed by atoms with Gasteiger partial charge in [0.05, 0.1) is 22.2 Å². The minimum Gasteiger partial charge on any atom is -0.480 e. The fourth-order valence-electron chi connectivity index (χ4n) is 2.61. The van der Waals surface area contributed by atoms with Gasteiger partial charge in [0.2, 0.25) is 5.91 Å². The molecule has 1 saturated carbocycles. The topological polar surface area (TPSA) is 74.9 Å². The number of aromatic nitrogens is 2. The highest BCUT2D eigenvalue weighted by Gasteiger charge is 2.38. The lowest BCUT2D eigenvalue weighted by Gasteiger charge is -2.26. The van der Waals surface area contributed by atoms with E-state index < -0.39 is 12.0 Å². The van der Waals surface area contributed by atoms with Crippen LogP contribution in [0, 0.1) is 0 Å². The number of aliphatic carboxylic acids is 1. The first-order valence-electron chi connectivity index (χ1n) is 7.23. The molecular weight excluding hydrogens is 341 g/mol. The van der Waals surface area contributed by atoms with E-state index in [1.807, 2.05) is 0 Å². The van der Waals surface area contributed by atoms with Gasteiger partial charge in [-0.3, -0.25) is 4.79 Å². The summed E-state index contributed by atoms with van der Waals surface area (Å²) < 4.78 is 1.66. The van der Waals surface area contributed by atoms with E-state index in [1.165, 1.54) is 11.8 Å². The summed E-state index contributed by atoms with van der Waals surface area (Å²) in [5, 5.41) is 10.0. The molecule has 1 unspecified atom stereocenters. The number of hydrogen-bond donors (Lipinski definition) is 1. The second-order valence-corrected chi connectivity index (χ2v) is 6.54. The molecule has 0 saturated heterocycles. The minimum absolute atomic E-state index is 0.0173. The van der Waals surface area contributed by atoms with E-state index in [4.69, 9.17) is 23.2 Å². The Hall–Kier alpha value is -1.79. The number of imidazole rings is 1. The molecule has 0 aliphatic heterocycles. The maximum atomic E-state index is 12.5. The van der Waals surface area contributed by atoms with E-state index in [2.05, 4.69) is 4.98 Å². The summed E-state index contributed by atoms with van der Waals surface area (Å²) in [5.41, 5.74) is 1.05. The number of carboxylic acid groups (broad SMARTS) is 1. The molecule has 8 heteroatoms. The number of carbonyl (C=O) groups excluding carboxylic acids is 1. The van der Waals surface area contributed by atoms with Gasteiger partial charge in [-0.05, 0) is 25.8 Å². The summed E-state index contributed by atoms with van der Waals surface area (Å²) in [4.78, 5) is 29.5. The summed E-state index contributed by atoms with van der Waals surface area (Å²) in [6, 6.07) is 0.758. The van der Waals surface area contributed by atoms with Crippen molar-refractivity contribution in [3.63, 3.8) is 0 Å². The summed E-state index contributed by atoms with van der Waals surface area (Å²) >= 11 is 12.0. The Bertz CT molecular complexity index is 786. The molecule has 0 aromatic carbocycles. The molecule has 1 aliphatic carbocycles. The van der Waals surface area contributed by atoms with Crippen molar-refractivity contribution in [1.29, 1.82) is 0 Å². The van der Waals surface area contributed by atoms with Crippen LogP contribution in [0.15, 0.2) is 18.5 Å². The number of hydrogen-bond acceptors (Lipinski definition) is 3. The van der Waals surface area contributed by atoms with E-state index in [1.54, 1.807) is 22.9 Å². The van der Waals surface area contributed by atoms with Crippen LogP contribution in [-0.2, 0) is 16.0 Å². The molecule has 0 radical (unpaired) electrons. The normalized spacial score (nSPS) is 15.6. The molecular formula is C15H15Cl2N3O3. The van der Waals surface area contributed by atoms with E-state index in [0.717, 1.165) is 12.8 Å². The molecule has 2 aromatic rings. The molecule has 6 nitrogen and oxygen atoms in total. The second kappa shape index (κ2) is 6.02. The van der Waals surface area contributed by atoms with Crippen molar-refractivity contribution in [2.24, 2.45) is 0 Å².